The average molecular weight is 401 g/mol. The smallest absolute Gasteiger partial charge is 0.261 e. The molecule has 1 heterocycles. The minimum atomic E-state index is -3.68. The number of thiazole rings is 1. The van der Waals surface area contributed by atoms with Crippen LogP contribution in [-0.4, -0.2) is 13.4 Å². The second-order valence-corrected chi connectivity index (χ2v) is 8.78. The van der Waals surface area contributed by atoms with Crippen molar-refractivity contribution in [1.29, 1.82) is 0 Å². The van der Waals surface area contributed by atoms with Gasteiger partial charge in [-0.05, 0) is 48.5 Å². The monoisotopic (exact) mass is 400 g/mol. The van der Waals surface area contributed by atoms with Gasteiger partial charge in [0, 0.05) is 16.3 Å². The molecule has 0 aliphatic rings. The van der Waals surface area contributed by atoms with Crippen molar-refractivity contribution >= 4 is 48.9 Å². The van der Waals surface area contributed by atoms with Gasteiger partial charge in [-0.3, -0.25) is 4.72 Å². The number of fused-ring (bicyclic) bond motifs is 1. The summed E-state index contributed by atoms with van der Waals surface area (Å²) in [5, 5.41) is 1.33. The summed E-state index contributed by atoms with van der Waals surface area (Å²) in [4.78, 5) is 4.77. The van der Waals surface area contributed by atoms with Gasteiger partial charge in [0.15, 0.2) is 0 Å². The zero-order valence-corrected chi connectivity index (χ0v) is 15.8. The van der Waals surface area contributed by atoms with Gasteiger partial charge >= 0.3 is 0 Å². The maximum Gasteiger partial charge on any atom is 0.261 e. The Morgan fingerprint density at radius 1 is 0.923 bits per heavy atom. The van der Waals surface area contributed by atoms with Gasteiger partial charge in [0.2, 0.25) is 0 Å². The van der Waals surface area contributed by atoms with Gasteiger partial charge in [-0.2, -0.15) is 0 Å². The molecule has 0 saturated carbocycles. The third-order valence-electron chi connectivity index (χ3n) is 3.78. The number of hydrogen-bond acceptors (Lipinski definition) is 4. The van der Waals surface area contributed by atoms with Crippen molar-refractivity contribution in [2.75, 3.05) is 4.72 Å². The van der Waals surface area contributed by atoms with Gasteiger partial charge in [-0.15, -0.1) is 11.3 Å². The topological polar surface area (TPSA) is 59.1 Å². The van der Waals surface area contributed by atoms with Crippen molar-refractivity contribution in [1.82, 2.24) is 4.98 Å². The molecule has 1 N–H and O–H groups in total. The zero-order chi connectivity index (χ0) is 18.1. The van der Waals surface area contributed by atoms with E-state index in [9.17, 15) is 8.42 Å². The van der Waals surface area contributed by atoms with Crippen molar-refractivity contribution in [3.8, 4) is 10.6 Å². The number of nitrogens with one attached hydrogen (secondary N) is 1. The highest BCUT2D eigenvalue weighted by Crippen LogP contribution is 2.31. The number of hydrogen-bond donors (Lipinski definition) is 1. The number of anilines is 1. The second kappa shape index (κ2) is 6.72. The lowest BCUT2D eigenvalue weighted by Crippen LogP contribution is -2.12. The molecule has 0 atom stereocenters. The lowest BCUT2D eigenvalue weighted by atomic mass is 10.2. The molecule has 0 radical (unpaired) electrons. The minimum Gasteiger partial charge on any atom is -0.280 e. The van der Waals surface area contributed by atoms with Crippen LogP contribution < -0.4 is 4.72 Å². The molecular weight excluding hydrogens is 388 g/mol. The quantitative estimate of drug-likeness (QED) is 0.497. The molecule has 4 aromatic rings. The van der Waals surface area contributed by atoms with Crippen molar-refractivity contribution < 1.29 is 8.42 Å². The Bertz CT molecular complexity index is 1150. The summed E-state index contributed by atoms with van der Waals surface area (Å²) >= 11 is 7.40. The number of para-hydroxylation sites is 1. The molecule has 3 aromatic carbocycles. The Hall–Kier alpha value is -2.41. The maximum atomic E-state index is 12.5. The van der Waals surface area contributed by atoms with E-state index in [0.717, 1.165) is 20.8 Å². The Kier molecular flexibility index (Phi) is 4.40. The zero-order valence-electron chi connectivity index (χ0n) is 13.4. The van der Waals surface area contributed by atoms with Crippen LogP contribution in [0.5, 0.6) is 0 Å². The molecule has 0 aliphatic carbocycles. The molecule has 1 aromatic heterocycles. The predicted octanol–water partition coefficient (Wildman–Crippen LogP) is 5.42. The van der Waals surface area contributed by atoms with Crippen LogP contribution in [0.25, 0.3) is 20.8 Å². The lowest BCUT2D eigenvalue weighted by molar-refractivity contribution is 0.601. The third kappa shape index (κ3) is 3.44. The van der Waals surface area contributed by atoms with Crippen LogP contribution in [-0.2, 0) is 10.0 Å². The minimum absolute atomic E-state index is 0.160. The lowest BCUT2D eigenvalue weighted by Gasteiger charge is -2.09. The second-order valence-electron chi connectivity index (χ2n) is 5.63. The normalized spacial score (nSPS) is 11.6. The first kappa shape index (κ1) is 17.0. The van der Waals surface area contributed by atoms with E-state index in [1.807, 2.05) is 30.3 Å². The summed E-state index contributed by atoms with van der Waals surface area (Å²) in [6, 6.07) is 21.2. The molecule has 0 spiro atoms. The fraction of sp³-hybridized carbons (Fsp3) is 0. The fourth-order valence-corrected chi connectivity index (χ4v) is 4.68. The molecule has 26 heavy (non-hydrogen) atoms. The van der Waals surface area contributed by atoms with Gasteiger partial charge in [0.25, 0.3) is 10.0 Å². The van der Waals surface area contributed by atoms with Gasteiger partial charge in [0.05, 0.1) is 15.1 Å². The molecular formula is C19H13ClN2O2S2. The largest absolute Gasteiger partial charge is 0.280 e. The molecule has 0 unspecified atom stereocenters. The van der Waals surface area contributed by atoms with E-state index in [2.05, 4.69) is 9.71 Å². The summed E-state index contributed by atoms with van der Waals surface area (Å²) in [5.41, 5.74) is 2.28. The first-order valence-electron chi connectivity index (χ1n) is 7.76. The average Bonchev–Trinajstić information content (AvgIpc) is 3.06. The molecule has 0 saturated heterocycles. The van der Waals surface area contributed by atoms with Crippen LogP contribution in [0.15, 0.2) is 77.7 Å². The Balaban J connectivity index is 1.66. The van der Waals surface area contributed by atoms with E-state index in [4.69, 9.17) is 11.6 Å². The molecule has 130 valence electrons. The van der Waals surface area contributed by atoms with Crippen molar-refractivity contribution in [2.24, 2.45) is 0 Å². The van der Waals surface area contributed by atoms with Gasteiger partial charge in [0.1, 0.15) is 5.01 Å². The van der Waals surface area contributed by atoms with Gasteiger partial charge in [-0.25, -0.2) is 13.4 Å². The summed E-state index contributed by atoms with van der Waals surface area (Å²) in [6.07, 6.45) is 0. The van der Waals surface area contributed by atoms with Crippen LogP contribution in [0.2, 0.25) is 5.02 Å². The van der Waals surface area contributed by atoms with E-state index in [1.165, 1.54) is 12.1 Å². The maximum absolute atomic E-state index is 12.5. The molecule has 0 fully saturated rings. The Labute approximate surface area is 160 Å². The highest BCUT2D eigenvalue weighted by atomic mass is 35.5. The first-order valence-corrected chi connectivity index (χ1v) is 10.4. The summed E-state index contributed by atoms with van der Waals surface area (Å²) in [6.45, 7) is 0. The molecule has 0 aliphatic heterocycles. The van der Waals surface area contributed by atoms with Gasteiger partial charge < -0.3 is 0 Å². The van der Waals surface area contributed by atoms with Crippen molar-refractivity contribution in [2.45, 2.75) is 4.90 Å². The molecule has 0 bridgehead atoms. The Morgan fingerprint density at radius 3 is 2.46 bits per heavy atom. The van der Waals surface area contributed by atoms with E-state index in [1.54, 1.807) is 41.7 Å². The van der Waals surface area contributed by atoms with Crippen LogP contribution in [0.1, 0.15) is 0 Å². The van der Waals surface area contributed by atoms with Crippen LogP contribution in [0.3, 0.4) is 0 Å². The third-order valence-corrected chi connectivity index (χ3v) is 6.51. The number of benzene rings is 3. The number of halogens is 1. The van der Waals surface area contributed by atoms with E-state index in [0.29, 0.717) is 10.7 Å². The molecule has 0 amide bonds. The van der Waals surface area contributed by atoms with E-state index >= 15 is 0 Å². The van der Waals surface area contributed by atoms with Crippen LogP contribution in [0, 0.1) is 0 Å². The number of nitrogens with zero attached hydrogens (tertiary/aromatic N) is 1. The van der Waals surface area contributed by atoms with E-state index in [-0.39, 0.29) is 4.90 Å². The molecule has 4 nitrogen and oxygen atoms in total. The summed E-state index contributed by atoms with van der Waals surface area (Å²) < 4.78 is 28.8. The summed E-state index contributed by atoms with van der Waals surface area (Å²) in [7, 11) is -3.68. The number of rotatable bonds is 4. The number of sulfonamides is 1. The first-order chi connectivity index (χ1) is 12.5. The Morgan fingerprint density at radius 2 is 1.69 bits per heavy atom. The van der Waals surface area contributed by atoms with Crippen molar-refractivity contribution in [3.05, 3.63) is 77.8 Å². The SMILES string of the molecule is O=S(=O)(Nc1cccc(-c2nc3ccccc3s2)c1)c1ccc(Cl)cc1. The molecule has 4 rings (SSSR count). The van der Waals surface area contributed by atoms with Gasteiger partial charge in [-0.1, -0.05) is 35.9 Å². The van der Waals surface area contributed by atoms with Crippen molar-refractivity contribution in [3.63, 3.8) is 0 Å². The standard InChI is InChI=1S/C19H13ClN2O2S2/c20-14-8-10-16(11-9-14)26(23,24)22-15-5-3-4-13(12-15)19-21-17-6-1-2-7-18(17)25-19/h1-12,22H. The highest BCUT2D eigenvalue weighted by Gasteiger charge is 2.15. The number of aromatic nitrogens is 1. The fourth-order valence-electron chi connectivity index (χ4n) is 2.54. The van der Waals surface area contributed by atoms with E-state index < -0.39 is 10.0 Å². The molecule has 7 heteroatoms. The predicted molar refractivity (Wildman–Crippen MR) is 107 cm³/mol. The highest BCUT2D eigenvalue weighted by molar-refractivity contribution is 7.92. The van der Waals surface area contributed by atoms with Crippen LogP contribution >= 0.6 is 22.9 Å². The van der Waals surface area contributed by atoms with Crippen LogP contribution in [0.4, 0.5) is 5.69 Å². The summed E-state index contributed by atoms with van der Waals surface area (Å²) in [5.74, 6) is 0.